The van der Waals surface area contributed by atoms with E-state index in [4.69, 9.17) is 25.8 Å². The van der Waals surface area contributed by atoms with Crippen LogP contribution in [0.2, 0.25) is 0 Å². The Morgan fingerprint density at radius 1 is 1.12 bits per heavy atom. The lowest BCUT2D eigenvalue weighted by Gasteiger charge is -2.14. The normalized spacial score (nSPS) is 11.8. The fourth-order valence-corrected chi connectivity index (χ4v) is 1.56. The van der Waals surface area contributed by atoms with Gasteiger partial charge in [0.05, 0.1) is 26.7 Å². The molecule has 1 aromatic carbocycles. The summed E-state index contributed by atoms with van der Waals surface area (Å²) in [5.74, 6) is 1.08. The van der Waals surface area contributed by atoms with E-state index in [1.807, 2.05) is 0 Å². The Balaban J connectivity index is 3.39. The molecule has 1 unspecified atom stereocenters. The third kappa shape index (κ3) is 2.82. The second-order valence-electron chi connectivity index (χ2n) is 3.39. The molecule has 0 N–H and O–H groups in total. The first-order valence-corrected chi connectivity index (χ1v) is 5.47. The molecule has 94 valence electrons. The van der Waals surface area contributed by atoms with Gasteiger partial charge in [0, 0.05) is 12.1 Å². The van der Waals surface area contributed by atoms with Crippen LogP contribution in [0.3, 0.4) is 0 Å². The van der Waals surface area contributed by atoms with Crippen LogP contribution in [0.4, 0.5) is 0 Å². The van der Waals surface area contributed by atoms with Crippen LogP contribution in [-0.4, -0.2) is 32.5 Å². The molecule has 1 atom stereocenters. The molecule has 0 bridgehead atoms. The number of ether oxygens (including phenoxy) is 3. The summed E-state index contributed by atoms with van der Waals surface area (Å²) in [7, 11) is 4.48. The molecule has 0 aliphatic heterocycles. The van der Waals surface area contributed by atoms with E-state index in [2.05, 4.69) is 0 Å². The summed E-state index contributed by atoms with van der Waals surface area (Å²) < 4.78 is 15.4. The van der Waals surface area contributed by atoms with Crippen molar-refractivity contribution >= 4 is 17.4 Å². The lowest BCUT2D eigenvalue weighted by molar-refractivity contribution is 0.0985. The van der Waals surface area contributed by atoms with Gasteiger partial charge in [-0.25, -0.2) is 0 Å². The number of Topliss-reactive ketones (excluding diaryl/α,β-unsaturated/α-hetero) is 1. The molecule has 1 aromatic rings. The minimum atomic E-state index is -0.647. The number of hydrogen-bond donors (Lipinski definition) is 0. The standard InChI is InChI=1S/C12H15ClO4/c1-7(13)12(14)11-9(16-3)5-8(15-2)6-10(11)17-4/h5-7H,1-4H3. The quantitative estimate of drug-likeness (QED) is 0.601. The van der Waals surface area contributed by atoms with Crippen molar-refractivity contribution in [3.05, 3.63) is 17.7 Å². The highest BCUT2D eigenvalue weighted by Crippen LogP contribution is 2.35. The number of benzene rings is 1. The van der Waals surface area contributed by atoms with Crippen molar-refractivity contribution in [2.45, 2.75) is 12.3 Å². The molecular weight excluding hydrogens is 244 g/mol. The number of carbonyl (C=O) groups excluding carboxylic acids is 1. The molecule has 17 heavy (non-hydrogen) atoms. The minimum Gasteiger partial charge on any atom is -0.496 e. The smallest absolute Gasteiger partial charge is 0.187 e. The molecule has 0 aliphatic rings. The Hall–Kier alpha value is -1.42. The van der Waals surface area contributed by atoms with Crippen LogP contribution in [0, 0.1) is 0 Å². The lowest BCUT2D eigenvalue weighted by Crippen LogP contribution is -2.13. The van der Waals surface area contributed by atoms with Crippen molar-refractivity contribution in [1.82, 2.24) is 0 Å². The monoisotopic (exact) mass is 258 g/mol. The van der Waals surface area contributed by atoms with Crippen LogP contribution in [0.5, 0.6) is 17.2 Å². The van der Waals surface area contributed by atoms with Crippen molar-refractivity contribution in [3.63, 3.8) is 0 Å². The summed E-state index contributed by atoms with van der Waals surface area (Å²) in [6.45, 7) is 1.60. The molecule has 0 saturated heterocycles. The molecular formula is C12H15ClO4. The number of hydrogen-bond acceptors (Lipinski definition) is 4. The molecule has 5 heteroatoms. The maximum atomic E-state index is 12.0. The van der Waals surface area contributed by atoms with E-state index in [9.17, 15) is 4.79 Å². The predicted octanol–water partition coefficient (Wildman–Crippen LogP) is 2.52. The van der Waals surface area contributed by atoms with Crippen molar-refractivity contribution < 1.29 is 19.0 Å². The van der Waals surface area contributed by atoms with Crippen molar-refractivity contribution in [3.8, 4) is 17.2 Å². The molecule has 0 radical (unpaired) electrons. The fourth-order valence-electron chi connectivity index (χ4n) is 1.45. The van der Waals surface area contributed by atoms with Gasteiger partial charge in [0.25, 0.3) is 0 Å². The zero-order valence-electron chi connectivity index (χ0n) is 10.2. The third-order valence-corrected chi connectivity index (χ3v) is 2.52. The highest BCUT2D eigenvalue weighted by molar-refractivity contribution is 6.34. The molecule has 0 amide bonds. The molecule has 1 rings (SSSR count). The van der Waals surface area contributed by atoms with Crippen molar-refractivity contribution in [1.29, 1.82) is 0 Å². The van der Waals surface area contributed by atoms with Crippen molar-refractivity contribution in [2.24, 2.45) is 0 Å². The van der Waals surface area contributed by atoms with Crippen molar-refractivity contribution in [2.75, 3.05) is 21.3 Å². The predicted molar refractivity (Wildman–Crippen MR) is 65.7 cm³/mol. The third-order valence-electron chi connectivity index (χ3n) is 2.32. The van der Waals surface area contributed by atoms with E-state index in [1.54, 1.807) is 19.1 Å². The van der Waals surface area contributed by atoms with E-state index in [0.717, 1.165) is 0 Å². The highest BCUT2D eigenvalue weighted by Gasteiger charge is 2.23. The van der Waals surface area contributed by atoms with Gasteiger partial charge in [-0.1, -0.05) is 0 Å². The van der Waals surface area contributed by atoms with Crippen LogP contribution in [0.15, 0.2) is 12.1 Å². The topological polar surface area (TPSA) is 44.8 Å². The van der Waals surface area contributed by atoms with Gasteiger partial charge in [0.2, 0.25) is 0 Å². The van der Waals surface area contributed by atoms with E-state index in [1.165, 1.54) is 21.3 Å². The maximum absolute atomic E-state index is 12.0. The zero-order chi connectivity index (χ0) is 13.0. The van der Waals surface area contributed by atoms with Crippen LogP contribution in [0.25, 0.3) is 0 Å². The second kappa shape index (κ2) is 5.77. The number of halogens is 1. The first-order chi connectivity index (χ1) is 8.04. The molecule has 4 nitrogen and oxygen atoms in total. The van der Waals surface area contributed by atoms with Gasteiger partial charge >= 0.3 is 0 Å². The van der Waals surface area contributed by atoms with Gasteiger partial charge in [-0.05, 0) is 6.92 Å². The highest BCUT2D eigenvalue weighted by atomic mass is 35.5. The number of alkyl halides is 1. The summed E-state index contributed by atoms with van der Waals surface area (Å²) >= 11 is 5.80. The molecule has 0 saturated carbocycles. The van der Waals surface area contributed by atoms with E-state index in [0.29, 0.717) is 22.8 Å². The van der Waals surface area contributed by atoms with Gasteiger partial charge in [-0.3, -0.25) is 4.79 Å². The van der Waals surface area contributed by atoms with Crippen LogP contribution in [0.1, 0.15) is 17.3 Å². The first kappa shape index (κ1) is 13.6. The lowest BCUT2D eigenvalue weighted by atomic mass is 10.1. The van der Waals surface area contributed by atoms with Gasteiger partial charge in [0.1, 0.15) is 22.8 Å². The Morgan fingerprint density at radius 2 is 1.59 bits per heavy atom. The fraction of sp³-hybridized carbons (Fsp3) is 0.417. The van der Waals surface area contributed by atoms with E-state index in [-0.39, 0.29) is 5.78 Å². The zero-order valence-corrected chi connectivity index (χ0v) is 11.0. The largest absolute Gasteiger partial charge is 0.496 e. The van der Waals surface area contributed by atoms with Gasteiger partial charge in [-0.15, -0.1) is 11.6 Å². The maximum Gasteiger partial charge on any atom is 0.187 e. The number of methoxy groups -OCH3 is 3. The Morgan fingerprint density at radius 3 is 1.88 bits per heavy atom. The summed E-state index contributed by atoms with van der Waals surface area (Å²) in [5.41, 5.74) is 0.332. The molecule has 0 fully saturated rings. The van der Waals surface area contributed by atoms with Gasteiger partial charge in [-0.2, -0.15) is 0 Å². The average molecular weight is 259 g/mol. The van der Waals surface area contributed by atoms with E-state index < -0.39 is 5.38 Å². The molecule has 0 heterocycles. The number of ketones is 1. The summed E-state index contributed by atoms with van der Waals surface area (Å²) in [6.07, 6.45) is 0. The molecule has 0 aliphatic carbocycles. The minimum absolute atomic E-state index is 0.247. The SMILES string of the molecule is COc1cc(OC)c(C(=O)C(C)Cl)c(OC)c1. The Labute approximate surface area is 105 Å². The van der Waals surface area contributed by atoms with E-state index >= 15 is 0 Å². The van der Waals surface area contributed by atoms with Crippen LogP contribution < -0.4 is 14.2 Å². The molecule has 0 spiro atoms. The summed E-state index contributed by atoms with van der Waals surface area (Å²) in [6, 6.07) is 3.24. The second-order valence-corrected chi connectivity index (χ2v) is 4.04. The summed E-state index contributed by atoms with van der Waals surface area (Å²) in [4.78, 5) is 12.0. The first-order valence-electron chi connectivity index (χ1n) is 5.03. The van der Waals surface area contributed by atoms with Gasteiger partial charge in [0.15, 0.2) is 5.78 Å². The Kier molecular flexibility index (Phi) is 4.63. The van der Waals surface area contributed by atoms with Crippen LogP contribution >= 0.6 is 11.6 Å². The molecule has 0 aromatic heterocycles. The Bertz CT molecular complexity index is 390. The van der Waals surface area contributed by atoms with Crippen LogP contribution in [-0.2, 0) is 0 Å². The average Bonchev–Trinajstić information content (AvgIpc) is 2.35. The summed E-state index contributed by atoms with van der Waals surface area (Å²) in [5, 5.41) is -0.647. The van der Waals surface area contributed by atoms with Gasteiger partial charge < -0.3 is 14.2 Å². The number of rotatable bonds is 5. The number of carbonyl (C=O) groups is 1.